The van der Waals surface area contributed by atoms with Crippen LogP contribution in [0.5, 0.6) is 0 Å². The standard InChI is InChI=1S/C6H12Ge2/c1-2-8-5-3-7(1)4-6-8/h1-6H2. The van der Waals surface area contributed by atoms with Crippen LogP contribution < -0.4 is 0 Å². The molecule has 0 unspecified atom stereocenters. The molecule has 0 aliphatic carbocycles. The van der Waals surface area contributed by atoms with Crippen LogP contribution in [0.2, 0.25) is 31.5 Å². The minimum absolute atomic E-state index is 0.236. The van der Waals surface area contributed by atoms with Gasteiger partial charge in [-0.1, -0.05) is 0 Å². The number of hydrogen-bond donors (Lipinski definition) is 0. The second-order valence-electron chi connectivity index (χ2n) is 3.00. The zero-order chi connectivity index (χ0) is 5.40. The zero-order valence-corrected chi connectivity index (χ0v) is 9.44. The van der Waals surface area contributed by atoms with Gasteiger partial charge in [-0.2, -0.15) is 0 Å². The average Bonchev–Trinajstić information content (AvgIpc) is 1.92. The van der Waals surface area contributed by atoms with E-state index in [4.69, 9.17) is 0 Å². The van der Waals surface area contributed by atoms with Gasteiger partial charge in [-0.05, 0) is 0 Å². The first kappa shape index (κ1) is 5.84. The molecule has 0 N–H and O–H groups in total. The molecule has 0 saturated carbocycles. The molecule has 0 amide bonds. The van der Waals surface area contributed by atoms with Crippen molar-refractivity contribution in [3.05, 3.63) is 0 Å². The molecule has 3 rings (SSSR count). The minimum atomic E-state index is -0.236. The third-order valence-electron chi connectivity index (χ3n) is 2.50. The van der Waals surface area contributed by atoms with Crippen LogP contribution in [0.4, 0.5) is 0 Å². The molecular weight excluding hydrogens is 217 g/mol. The SMILES string of the molecule is [CH2]1[CH2][Ge]2[CH2][CH2][Ge]1[CH2][CH2]2. The van der Waals surface area contributed by atoms with E-state index in [9.17, 15) is 0 Å². The van der Waals surface area contributed by atoms with E-state index in [-0.39, 0.29) is 28.7 Å². The van der Waals surface area contributed by atoms with Gasteiger partial charge in [-0.25, -0.2) is 0 Å². The summed E-state index contributed by atoms with van der Waals surface area (Å²) in [5.74, 6) is 0. The molecular formula is C6H12Ge2. The number of rotatable bonds is 0. The summed E-state index contributed by atoms with van der Waals surface area (Å²) in [4.78, 5) is 0. The summed E-state index contributed by atoms with van der Waals surface area (Å²) in [6, 6.07) is 0. The normalized spacial score (nSPS) is 31.5. The van der Waals surface area contributed by atoms with Crippen LogP contribution in [0.1, 0.15) is 0 Å². The fourth-order valence-corrected chi connectivity index (χ4v) is 32.5. The molecule has 3 aliphatic rings. The Morgan fingerprint density at radius 3 is 0.875 bits per heavy atom. The van der Waals surface area contributed by atoms with Crippen molar-refractivity contribution in [1.29, 1.82) is 0 Å². The van der Waals surface area contributed by atoms with Gasteiger partial charge in [0.2, 0.25) is 0 Å². The maximum atomic E-state index is 1.80. The summed E-state index contributed by atoms with van der Waals surface area (Å²) >= 11 is -0.472. The molecule has 3 fully saturated rings. The van der Waals surface area contributed by atoms with Crippen LogP contribution in [0.15, 0.2) is 0 Å². The van der Waals surface area contributed by atoms with Crippen molar-refractivity contribution in [2.45, 2.75) is 31.5 Å². The maximum absolute atomic E-state index is 1.80. The third-order valence-corrected chi connectivity index (χ3v) is 21.1. The van der Waals surface area contributed by atoms with E-state index >= 15 is 0 Å². The molecule has 8 heavy (non-hydrogen) atoms. The van der Waals surface area contributed by atoms with Gasteiger partial charge in [0.1, 0.15) is 0 Å². The quantitative estimate of drug-likeness (QED) is 0.557. The van der Waals surface area contributed by atoms with Crippen LogP contribution in [0, 0.1) is 0 Å². The molecule has 0 nitrogen and oxygen atoms in total. The molecule has 0 aromatic carbocycles. The summed E-state index contributed by atoms with van der Waals surface area (Å²) in [7, 11) is 0. The van der Waals surface area contributed by atoms with E-state index in [1.54, 1.807) is 31.5 Å². The Labute approximate surface area is 60.3 Å². The van der Waals surface area contributed by atoms with Crippen LogP contribution in [-0.2, 0) is 0 Å². The van der Waals surface area contributed by atoms with Crippen molar-refractivity contribution in [2.75, 3.05) is 0 Å². The fraction of sp³-hybridized carbons (Fsp3) is 1.00. The monoisotopic (exact) mass is 232 g/mol. The van der Waals surface area contributed by atoms with E-state index in [2.05, 4.69) is 0 Å². The van der Waals surface area contributed by atoms with Crippen LogP contribution in [-0.4, -0.2) is 28.7 Å². The van der Waals surface area contributed by atoms with Gasteiger partial charge < -0.3 is 0 Å². The first-order chi connectivity index (χ1) is 3.95. The molecule has 3 saturated heterocycles. The van der Waals surface area contributed by atoms with E-state index in [1.165, 1.54) is 0 Å². The molecule has 3 heterocycles. The summed E-state index contributed by atoms with van der Waals surface area (Å²) in [6.45, 7) is 0. The first-order valence-electron chi connectivity index (χ1n) is 3.62. The first-order valence-corrected chi connectivity index (χ1v) is 12.5. The second-order valence-corrected chi connectivity index (χ2v) is 15.6. The summed E-state index contributed by atoms with van der Waals surface area (Å²) in [5, 5.41) is 10.8. The molecule has 0 atom stereocenters. The topological polar surface area (TPSA) is 0 Å². The fourth-order valence-electron chi connectivity index (χ4n) is 1.81. The average molecular weight is 229 g/mol. The Balaban J connectivity index is 2.03. The Bertz CT molecular complexity index is 61.5. The molecule has 0 aromatic rings. The van der Waals surface area contributed by atoms with E-state index < -0.39 is 0 Å². The van der Waals surface area contributed by atoms with Gasteiger partial charge in [-0.15, -0.1) is 0 Å². The van der Waals surface area contributed by atoms with Crippen LogP contribution in [0.25, 0.3) is 0 Å². The molecule has 3 aliphatic heterocycles. The van der Waals surface area contributed by atoms with Crippen molar-refractivity contribution in [1.82, 2.24) is 0 Å². The van der Waals surface area contributed by atoms with Gasteiger partial charge >= 0.3 is 60.2 Å². The van der Waals surface area contributed by atoms with Gasteiger partial charge in [0.05, 0.1) is 0 Å². The zero-order valence-electron chi connectivity index (χ0n) is 5.24. The summed E-state index contributed by atoms with van der Waals surface area (Å²) in [5.41, 5.74) is 0. The van der Waals surface area contributed by atoms with Crippen LogP contribution in [0.3, 0.4) is 0 Å². The number of hydrogen-bond acceptors (Lipinski definition) is 0. The Morgan fingerprint density at radius 1 is 0.500 bits per heavy atom. The van der Waals surface area contributed by atoms with Crippen molar-refractivity contribution >= 4 is 28.7 Å². The Morgan fingerprint density at radius 2 is 0.750 bits per heavy atom. The van der Waals surface area contributed by atoms with Gasteiger partial charge in [-0.3, -0.25) is 0 Å². The predicted octanol–water partition coefficient (Wildman–Crippen LogP) is 2.00. The molecule has 2 radical (unpaired) electrons. The van der Waals surface area contributed by atoms with Crippen molar-refractivity contribution in [3.8, 4) is 0 Å². The molecule has 0 aromatic heterocycles. The number of fused-ring (bicyclic) bond motifs is 3. The summed E-state index contributed by atoms with van der Waals surface area (Å²) in [6.07, 6.45) is 0. The Hall–Kier alpha value is 1.09. The van der Waals surface area contributed by atoms with Gasteiger partial charge in [0.15, 0.2) is 0 Å². The summed E-state index contributed by atoms with van der Waals surface area (Å²) < 4.78 is 0. The van der Waals surface area contributed by atoms with Crippen molar-refractivity contribution in [3.63, 3.8) is 0 Å². The third kappa shape index (κ3) is 1.01. The Kier molecular flexibility index (Phi) is 1.73. The van der Waals surface area contributed by atoms with E-state index in [1.807, 2.05) is 0 Å². The van der Waals surface area contributed by atoms with E-state index in [0.717, 1.165) is 0 Å². The van der Waals surface area contributed by atoms with Crippen LogP contribution >= 0.6 is 0 Å². The molecule has 0 spiro atoms. The molecule has 2 bridgehead atoms. The second kappa shape index (κ2) is 2.37. The molecule has 44 valence electrons. The van der Waals surface area contributed by atoms with Crippen molar-refractivity contribution < 1.29 is 0 Å². The van der Waals surface area contributed by atoms with Gasteiger partial charge in [0, 0.05) is 0 Å². The van der Waals surface area contributed by atoms with Gasteiger partial charge in [0.25, 0.3) is 0 Å². The van der Waals surface area contributed by atoms with Crippen molar-refractivity contribution in [2.24, 2.45) is 0 Å². The van der Waals surface area contributed by atoms with E-state index in [0.29, 0.717) is 0 Å². The predicted molar refractivity (Wildman–Crippen MR) is 40.4 cm³/mol. The molecule has 2 heteroatoms.